The van der Waals surface area contributed by atoms with Crippen molar-refractivity contribution in [1.29, 1.82) is 0 Å². The molecule has 0 aliphatic heterocycles. The number of alkyl halides is 1. The lowest BCUT2D eigenvalue weighted by molar-refractivity contribution is 0.411. The van der Waals surface area contributed by atoms with E-state index in [4.69, 9.17) is 20.5 Å². The van der Waals surface area contributed by atoms with E-state index in [0.717, 1.165) is 0 Å². The molecule has 0 amide bonds. The quantitative estimate of drug-likeness (QED) is 0.671. The third kappa shape index (κ3) is 1.21. The number of nitrogens with zero attached hydrogens (tertiary/aromatic N) is 2. The van der Waals surface area contributed by atoms with Gasteiger partial charge in [0.1, 0.15) is 0 Å². The topological polar surface area (TPSA) is 52.1 Å². The van der Waals surface area contributed by atoms with Gasteiger partial charge in [-0.1, -0.05) is 5.16 Å². The molecule has 2 aromatic heterocycles. The van der Waals surface area contributed by atoms with Crippen molar-refractivity contribution >= 4 is 11.6 Å². The van der Waals surface area contributed by atoms with Gasteiger partial charge in [-0.05, 0) is 12.1 Å². The first-order valence-corrected chi connectivity index (χ1v) is 3.86. The largest absolute Gasteiger partial charge is 0.459 e. The van der Waals surface area contributed by atoms with Crippen molar-refractivity contribution in [2.75, 3.05) is 0 Å². The molecule has 0 fully saturated rings. The van der Waals surface area contributed by atoms with Crippen LogP contribution in [0.5, 0.6) is 0 Å². The Bertz CT molecular complexity index is 355. The summed E-state index contributed by atoms with van der Waals surface area (Å²) in [5, 5.41) is 3.61. The van der Waals surface area contributed by atoms with Crippen LogP contribution < -0.4 is 0 Å². The lowest BCUT2D eigenvalue weighted by Crippen LogP contribution is -1.78. The van der Waals surface area contributed by atoms with Gasteiger partial charge >= 0.3 is 0 Å². The first-order valence-electron chi connectivity index (χ1n) is 3.32. The van der Waals surface area contributed by atoms with Gasteiger partial charge in [-0.2, -0.15) is 4.98 Å². The Labute approximate surface area is 73.1 Å². The van der Waals surface area contributed by atoms with Crippen LogP contribution in [0.3, 0.4) is 0 Å². The standard InChI is InChI=1S/C7H5ClN2O2/c8-4-6-9-7(12-10-6)5-2-1-3-11-5/h1-3H,4H2. The maximum absolute atomic E-state index is 5.49. The molecule has 2 heterocycles. The van der Waals surface area contributed by atoms with Crippen molar-refractivity contribution in [2.45, 2.75) is 5.88 Å². The van der Waals surface area contributed by atoms with Crippen molar-refractivity contribution < 1.29 is 8.94 Å². The van der Waals surface area contributed by atoms with E-state index in [2.05, 4.69) is 10.1 Å². The van der Waals surface area contributed by atoms with E-state index in [-0.39, 0.29) is 5.88 Å². The van der Waals surface area contributed by atoms with Crippen LogP contribution in [0.2, 0.25) is 0 Å². The van der Waals surface area contributed by atoms with E-state index in [0.29, 0.717) is 17.5 Å². The fraction of sp³-hybridized carbons (Fsp3) is 0.143. The average molecular weight is 185 g/mol. The molecule has 0 bridgehead atoms. The summed E-state index contributed by atoms with van der Waals surface area (Å²) < 4.78 is 9.90. The first-order chi connectivity index (χ1) is 5.90. The number of aromatic nitrogens is 2. The van der Waals surface area contributed by atoms with Gasteiger partial charge < -0.3 is 8.94 Å². The molecule has 0 aliphatic carbocycles. The summed E-state index contributed by atoms with van der Waals surface area (Å²) in [6.07, 6.45) is 1.54. The lowest BCUT2D eigenvalue weighted by Gasteiger charge is -1.81. The second-order valence-electron chi connectivity index (χ2n) is 2.13. The minimum absolute atomic E-state index is 0.240. The van der Waals surface area contributed by atoms with Crippen LogP contribution >= 0.6 is 11.6 Å². The maximum atomic E-state index is 5.49. The Hall–Kier alpha value is -1.29. The van der Waals surface area contributed by atoms with Crippen LogP contribution in [0.25, 0.3) is 11.7 Å². The molecule has 0 unspecified atom stereocenters. The molecule has 0 aliphatic rings. The smallest absolute Gasteiger partial charge is 0.293 e. The summed E-state index contributed by atoms with van der Waals surface area (Å²) in [5.41, 5.74) is 0. The van der Waals surface area contributed by atoms with E-state index in [1.165, 1.54) is 0 Å². The first kappa shape index (κ1) is 7.36. The fourth-order valence-corrected chi connectivity index (χ4v) is 0.917. The molecule has 0 N–H and O–H groups in total. The Kier molecular flexibility index (Phi) is 1.83. The van der Waals surface area contributed by atoms with Crippen molar-refractivity contribution in [1.82, 2.24) is 10.1 Å². The predicted octanol–water partition coefficient (Wildman–Crippen LogP) is 2.07. The molecule has 2 aromatic rings. The number of hydrogen-bond donors (Lipinski definition) is 0. The van der Waals surface area contributed by atoms with Crippen LogP contribution in [0.1, 0.15) is 5.82 Å². The van der Waals surface area contributed by atoms with E-state index in [1.807, 2.05) is 0 Å². The third-order valence-corrected chi connectivity index (χ3v) is 1.56. The van der Waals surface area contributed by atoms with Gasteiger partial charge in [0.2, 0.25) is 0 Å². The van der Waals surface area contributed by atoms with Crippen LogP contribution in [0.15, 0.2) is 27.3 Å². The molecule has 12 heavy (non-hydrogen) atoms. The summed E-state index contributed by atoms with van der Waals surface area (Å²) in [5.74, 6) is 1.61. The van der Waals surface area contributed by atoms with Gasteiger partial charge in [-0.3, -0.25) is 0 Å². The van der Waals surface area contributed by atoms with E-state index < -0.39 is 0 Å². The van der Waals surface area contributed by atoms with Gasteiger partial charge in [0.05, 0.1) is 12.1 Å². The highest BCUT2D eigenvalue weighted by atomic mass is 35.5. The zero-order valence-corrected chi connectivity index (χ0v) is 6.78. The molecular weight excluding hydrogens is 180 g/mol. The molecule has 5 heteroatoms. The molecule has 62 valence electrons. The second-order valence-corrected chi connectivity index (χ2v) is 2.39. The molecule has 4 nitrogen and oxygen atoms in total. The minimum Gasteiger partial charge on any atom is -0.459 e. The van der Waals surface area contributed by atoms with Crippen molar-refractivity contribution in [2.24, 2.45) is 0 Å². The molecule has 2 rings (SSSR count). The van der Waals surface area contributed by atoms with Crippen LogP contribution in [-0.4, -0.2) is 10.1 Å². The summed E-state index contributed by atoms with van der Waals surface area (Å²) in [4.78, 5) is 3.97. The van der Waals surface area contributed by atoms with E-state index in [9.17, 15) is 0 Å². The lowest BCUT2D eigenvalue weighted by atomic mass is 10.4. The maximum Gasteiger partial charge on any atom is 0.293 e. The highest BCUT2D eigenvalue weighted by molar-refractivity contribution is 6.16. The molecule has 0 spiro atoms. The molecule has 0 radical (unpaired) electrons. The summed E-state index contributed by atoms with van der Waals surface area (Å²) >= 11 is 5.49. The van der Waals surface area contributed by atoms with Gasteiger partial charge in [-0.25, -0.2) is 0 Å². The highest BCUT2D eigenvalue weighted by Gasteiger charge is 2.09. The summed E-state index contributed by atoms with van der Waals surface area (Å²) in [6, 6.07) is 3.49. The Balaban J connectivity index is 2.35. The number of rotatable bonds is 2. The normalized spacial score (nSPS) is 10.4. The van der Waals surface area contributed by atoms with Gasteiger partial charge in [0, 0.05) is 0 Å². The Morgan fingerprint density at radius 3 is 3.00 bits per heavy atom. The van der Waals surface area contributed by atoms with Crippen LogP contribution in [0, 0.1) is 0 Å². The van der Waals surface area contributed by atoms with Crippen LogP contribution in [-0.2, 0) is 5.88 Å². The van der Waals surface area contributed by atoms with E-state index in [1.54, 1.807) is 18.4 Å². The Morgan fingerprint density at radius 1 is 1.50 bits per heavy atom. The zero-order chi connectivity index (χ0) is 8.39. The highest BCUT2D eigenvalue weighted by Crippen LogP contribution is 2.17. The minimum atomic E-state index is 0.240. The van der Waals surface area contributed by atoms with E-state index >= 15 is 0 Å². The van der Waals surface area contributed by atoms with Gasteiger partial charge in [0.15, 0.2) is 11.6 Å². The summed E-state index contributed by atoms with van der Waals surface area (Å²) in [7, 11) is 0. The van der Waals surface area contributed by atoms with Crippen molar-refractivity contribution in [3.63, 3.8) is 0 Å². The molecule has 0 saturated heterocycles. The molecule has 0 saturated carbocycles. The van der Waals surface area contributed by atoms with Gasteiger partial charge in [0.25, 0.3) is 5.89 Å². The number of halogens is 1. The second kappa shape index (κ2) is 2.98. The average Bonchev–Trinajstić information content (AvgIpc) is 2.75. The summed E-state index contributed by atoms with van der Waals surface area (Å²) in [6.45, 7) is 0. The third-order valence-electron chi connectivity index (χ3n) is 1.32. The molecule has 0 atom stereocenters. The SMILES string of the molecule is ClCc1noc(-c2ccco2)n1. The number of furan rings is 1. The molecule has 0 aromatic carbocycles. The Morgan fingerprint density at radius 2 is 2.42 bits per heavy atom. The predicted molar refractivity (Wildman–Crippen MR) is 41.6 cm³/mol. The number of hydrogen-bond acceptors (Lipinski definition) is 4. The molecular formula is C7H5ClN2O2. The van der Waals surface area contributed by atoms with Gasteiger partial charge in [-0.15, -0.1) is 11.6 Å². The zero-order valence-electron chi connectivity index (χ0n) is 6.03. The monoisotopic (exact) mass is 184 g/mol. The van der Waals surface area contributed by atoms with Crippen molar-refractivity contribution in [3.8, 4) is 11.7 Å². The van der Waals surface area contributed by atoms with Crippen LogP contribution in [0.4, 0.5) is 0 Å². The van der Waals surface area contributed by atoms with Crippen molar-refractivity contribution in [3.05, 3.63) is 24.2 Å². The fourth-order valence-electron chi connectivity index (χ4n) is 0.809.